The third-order valence-electron chi connectivity index (χ3n) is 4.03. The Balaban J connectivity index is 1.91. The highest BCUT2D eigenvalue weighted by atomic mass is 16.3. The molecule has 4 N–H and O–H groups in total. The van der Waals surface area contributed by atoms with Crippen LogP contribution >= 0.6 is 0 Å². The number of para-hydroxylation sites is 1. The predicted octanol–water partition coefficient (Wildman–Crippen LogP) is 2.42. The van der Waals surface area contributed by atoms with Gasteiger partial charge < -0.3 is 15.9 Å². The van der Waals surface area contributed by atoms with Gasteiger partial charge >= 0.3 is 0 Å². The third-order valence-corrected chi connectivity index (χ3v) is 4.03. The molecule has 2 unspecified atom stereocenters. The summed E-state index contributed by atoms with van der Waals surface area (Å²) in [6.45, 7) is 0. The van der Waals surface area contributed by atoms with Gasteiger partial charge in [0.05, 0.1) is 6.10 Å². The summed E-state index contributed by atoms with van der Waals surface area (Å²) >= 11 is 0. The molecule has 0 aliphatic carbocycles. The zero-order chi connectivity index (χ0) is 16.7. The fourth-order valence-corrected chi connectivity index (χ4v) is 2.67. The number of aliphatic hydroxyl groups excluding tert-OH is 1. The summed E-state index contributed by atoms with van der Waals surface area (Å²) in [7, 11) is 0. The van der Waals surface area contributed by atoms with Crippen LogP contribution in [0.5, 0.6) is 5.75 Å². The molecule has 0 fully saturated rings. The second kappa shape index (κ2) is 8.34. The highest BCUT2D eigenvalue weighted by Gasteiger charge is 2.21. The average Bonchev–Trinajstić information content (AvgIpc) is 2.55. The van der Waals surface area contributed by atoms with Crippen molar-refractivity contribution in [2.24, 2.45) is 11.7 Å². The third kappa shape index (κ3) is 5.42. The van der Waals surface area contributed by atoms with E-state index in [4.69, 9.17) is 5.73 Å². The van der Waals surface area contributed by atoms with Gasteiger partial charge in [0.2, 0.25) is 5.91 Å². The molecule has 0 aromatic heterocycles. The largest absolute Gasteiger partial charge is 0.508 e. The summed E-state index contributed by atoms with van der Waals surface area (Å²) in [6, 6.07) is 16.8. The second-order valence-electron chi connectivity index (χ2n) is 5.85. The molecular formula is C19H23NO3. The first-order valence-electron chi connectivity index (χ1n) is 7.84. The second-order valence-corrected chi connectivity index (χ2v) is 5.85. The van der Waals surface area contributed by atoms with Gasteiger partial charge in [-0.3, -0.25) is 4.79 Å². The van der Waals surface area contributed by atoms with Crippen molar-refractivity contribution in [2.45, 2.75) is 31.8 Å². The van der Waals surface area contributed by atoms with E-state index in [-0.39, 0.29) is 5.75 Å². The van der Waals surface area contributed by atoms with Gasteiger partial charge in [-0.15, -0.1) is 0 Å². The van der Waals surface area contributed by atoms with E-state index in [0.29, 0.717) is 24.8 Å². The van der Waals surface area contributed by atoms with Gasteiger partial charge in [-0.05, 0) is 42.9 Å². The summed E-state index contributed by atoms with van der Waals surface area (Å²) in [5.74, 6) is -0.793. The summed E-state index contributed by atoms with van der Waals surface area (Å²) in [4.78, 5) is 11.7. The molecule has 0 saturated carbocycles. The Kier molecular flexibility index (Phi) is 6.18. The fraction of sp³-hybridized carbons (Fsp3) is 0.316. The van der Waals surface area contributed by atoms with Crippen LogP contribution in [-0.2, 0) is 17.6 Å². The van der Waals surface area contributed by atoms with Gasteiger partial charge in [-0.2, -0.15) is 0 Å². The lowest BCUT2D eigenvalue weighted by atomic mass is 9.91. The van der Waals surface area contributed by atoms with Gasteiger partial charge in [0.1, 0.15) is 5.75 Å². The molecule has 2 aromatic carbocycles. The van der Waals surface area contributed by atoms with E-state index in [9.17, 15) is 15.0 Å². The zero-order valence-electron chi connectivity index (χ0n) is 13.1. The molecule has 23 heavy (non-hydrogen) atoms. The first-order chi connectivity index (χ1) is 11.1. The Bertz CT molecular complexity index is 628. The van der Waals surface area contributed by atoms with Gasteiger partial charge in [0, 0.05) is 5.92 Å². The lowest BCUT2D eigenvalue weighted by molar-refractivity contribution is -0.122. The minimum absolute atomic E-state index is 0.150. The zero-order valence-corrected chi connectivity index (χ0v) is 13.1. The molecular weight excluding hydrogens is 290 g/mol. The number of benzene rings is 2. The molecule has 4 heteroatoms. The van der Waals surface area contributed by atoms with Crippen LogP contribution in [0.2, 0.25) is 0 Å². The van der Waals surface area contributed by atoms with Crippen LogP contribution in [0.3, 0.4) is 0 Å². The molecule has 2 rings (SSSR count). The minimum atomic E-state index is -0.599. The number of primary amides is 1. The number of nitrogens with two attached hydrogens (primary N) is 1. The number of rotatable bonds is 8. The maximum atomic E-state index is 11.7. The first kappa shape index (κ1) is 17.0. The summed E-state index contributed by atoms with van der Waals surface area (Å²) in [5, 5.41) is 20.0. The van der Waals surface area contributed by atoms with E-state index < -0.39 is 17.9 Å². The molecule has 0 bridgehead atoms. The predicted molar refractivity (Wildman–Crippen MR) is 89.9 cm³/mol. The molecule has 0 radical (unpaired) electrons. The monoisotopic (exact) mass is 313 g/mol. The minimum Gasteiger partial charge on any atom is -0.508 e. The van der Waals surface area contributed by atoms with E-state index in [1.165, 1.54) is 0 Å². The van der Waals surface area contributed by atoms with Crippen LogP contribution in [0.15, 0.2) is 54.6 Å². The number of hydrogen-bond acceptors (Lipinski definition) is 3. The summed E-state index contributed by atoms with van der Waals surface area (Å²) < 4.78 is 0. The van der Waals surface area contributed by atoms with Crippen molar-refractivity contribution in [2.75, 3.05) is 0 Å². The van der Waals surface area contributed by atoms with Crippen molar-refractivity contribution in [1.29, 1.82) is 0 Å². The number of aliphatic hydroxyl groups is 1. The van der Waals surface area contributed by atoms with Crippen LogP contribution in [0.4, 0.5) is 0 Å². The number of phenolic OH excluding ortho intramolecular Hbond substituents is 1. The molecule has 1 amide bonds. The Hall–Kier alpha value is -2.33. The molecule has 2 atom stereocenters. The van der Waals surface area contributed by atoms with Crippen LogP contribution in [0, 0.1) is 5.92 Å². The summed E-state index contributed by atoms with van der Waals surface area (Å²) in [5.41, 5.74) is 7.29. The summed E-state index contributed by atoms with van der Waals surface area (Å²) in [6.07, 6.45) is 1.37. The highest BCUT2D eigenvalue weighted by molar-refractivity contribution is 5.77. The smallest absolute Gasteiger partial charge is 0.220 e. The van der Waals surface area contributed by atoms with Gasteiger partial charge in [-0.25, -0.2) is 0 Å². The number of amides is 1. The standard InChI is InChI=1S/C19H23NO3/c20-19(23)16(12-15-8-4-5-9-18(15)22)13-17(21)11-10-14-6-2-1-3-7-14/h1-9,16-17,21-22H,10-13H2,(H2,20,23). The molecule has 122 valence electrons. The van der Waals surface area contributed by atoms with Crippen molar-refractivity contribution in [3.63, 3.8) is 0 Å². The van der Waals surface area contributed by atoms with Gasteiger partial charge in [0.25, 0.3) is 0 Å². The lowest BCUT2D eigenvalue weighted by Gasteiger charge is -2.18. The molecule has 0 saturated heterocycles. The molecule has 0 aliphatic rings. The van der Waals surface area contributed by atoms with Crippen LogP contribution in [0.1, 0.15) is 24.0 Å². The quantitative estimate of drug-likeness (QED) is 0.700. The topological polar surface area (TPSA) is 83.6 Å². The van der Waals surface area contributed by atoms with Crippen molar-refractivity contribution >= 4 is 5.91 Å². The van der Waals surface area contributed by atoms with Crippen molar-refractivity contribution < 1.29 is 15.0 Å². The Morgan fingerprint density at radius 2 is 1.70 bits per heavy atom. The van der Waals surface area contributed by atoms with Crippen molar-refractivity contribution in [3.05, 3.63) is 65.7 Å². The number of aryl methyl sites for hydroxylation is 1. The van der Waals surface area contributed by atoms with Crippen LogP contribution in [-0.4, -0.2) is 22.2 Å². The molecule has 2 aromatic rings. The Morgan fingerprint density at radius 3 is 2.35 bits per heavy atom. The fourth-order valence-electron chi connectivity index (χ4n) is 2.67. The van der Waals surface area contributed by atoms with E-state index in [0.717, 1.165) is 12.0 Å². The molecule has 0 heterocycles. The average molecular weight is 313 g/mol. The molecule has 0 spiro atoms. The number of aromatic hydroxyl groups is 1. The first-order valence-corrected chi connectivity index (χ1v) is 7.84. The van der Waals surface area contributed by atoms with E-state index in [2.05, 4.69) is 0 Å². The number of hydrogen-bond donors (Lipinski definition) is 3. The number of carbonyl (C=O) groups excluding carboxylic acids is 1. The van der Waals surface area contributed by atoms with Gasteiger partial charge in [0.15, 0.2) is 0 Å². The normalized spacial score (nSPS) is 13.4. The van der Waals surface area contributed by atoms with Crippen LogP contribution in [0.25, 0.3) is 0 Å². The van der Waals surface area contributed by atoms with E-state index in [1.54, 1.807) is 24.3 Å². The molecule has 4 nitrogen and oxygen atoms in total. The lowest BCUT2D eigenvalue weighted by Crippen LogP contribution is -2.29. The Labute approximate surface area is 136 Å². The van der Waals surface area contributed by atoms with Gasteiger partial charge in [-0.1, -0.05) is 48.5 Å². The van der Waals surface area contributed by atoms with Crippen molar-refractivity contribution in [3.8, 4) is 5.75 Å². The van der Waals surface area contributed by atoms with Crippen molar-refractivity contribution in [1.82, 2.24) is 0 Å². The highest BCUT2D eigenvalue weighted by Crippen LogP contribution is 2.23. The maximum absolute atomic E-state index is 11.7. The van der Waals surface area contributed by atoms with E-state index in [1.807, 2.05) is 30.3 Å². The number of carbonyl (C=O) groups is 1. The van der Waals surface area contributed by atoms with Crippen LogP contribution < -0.4 is 5.73 Å². The SMILES string of the molecule is NC(=O)C(Cc1ccccc1O)CC(O)CCc1ccccc1. The Morgan fingerprint density at radius 1 is 1.04 bits per heavy atom. The molecule has 0 aliphatic heterocycles. The maximum Gasteiger partial charge on any atom is 0.220 e. The van der Waals surface area contributed by atoms with E-state index >= 15 is 0 Å². The number of phenols is 1.